The molecule has 0 fully saturated rings. The number of hydrogen-bond acceptors (Lipinski definition) is 3. The fourth-order valence-corrected chi connectivity index (χ4v) is 2.91. The van der Waals surface area contributed by atoms with E-state index in [0.29, 0.717) is 12.6 Å². The molecule has 0 saturated carbocycles. The van der Waals surface area contributed by atoms with Crippen molar-refractivity contribution in [2.24, 2.45) is 5.73 Å². The molecule has 96 valence electrons. The second-order valence-corrected chi connectivity index (χ2v) is 5.38. The fraction of sp³-hybridized carbons (Fsp3) is 0.571. The lowest BCUT2D eigenvalue weighted by Crippen LogP contribution is -2.34. The molecule has 0 radical (unpaired) electrons. The van der Waals surface area contributed by atoms with Crippen molar-refractivity contribution in [3.05, 3.63) is 29.3 Å². The number of aryl methyl sites for hydroxylation is 1. The Morgan fingerprint density at radius 2 is 2.12 bits per heavy atom. The Morgan fingerprint density at radius 1 is 1.41 bits per heavy atom. The van der Waals surface area contributed by atoms with Crippen molar-refractivity contribution in [3.8, 4) is 0 Å². The Morgan fingerprint density at radius 3 is 2.65 bits per heavy atom. The fourth-order valence-electron chi connectivity index (χ4n) is 2.07. The average molecular weight is 252 g/mol. The van der Waals surface area contributed by atoms with Crippen molar-refractivity contribution in [2.45, 2.75) is 32.9 Å². The van der Waals surface area contributed by atoms with Crippen LogP contribution in [-0.4, -0.2) is 25.1 Å². The largest absolute Gasteiger partial charge is 0.371 e. The van der Waals surface area contributed by atoms with Crippen LogP contribution in [0.4, 0.5) is 5.69 Å². The summed E-state index contributed by atoms with van der Waals surface area (Å²) in [7, 11) is 2.18. The van der Waals surface area contributed by atoms with Gasteiger partial charge >= 0.3 is 0 Å². The lowest BCUT2D eigenvalue weighted by molar-refractivity contribution is 0.670. The van der Waals surface area contributed by atoms with Crippen molar-refractivity contribution in [2.75, 3.05) is 24.0 Å². The molecular weight excluding hydrogens is 228 g/mol. The predicted octanol–water partition coefficient (Wildman–Crippen LogP) is 3.03. The van der Waals surface area contributed by atoms with Gasteiger partial charge in [-0.3, -0.25) is 0 Å². The molecule has 1 atom stereocenters. The zero-order valence-corrected chi connectivity index (χ0v) is 12.2. The molecule has 17 heavy (non-hydrogen) atoms. The van der Waals surface area contributed by atoms with Gasteiger partial charge in [0.1, 0.15) is 0 Å². The van der Waals surface area contributed by atoms with E-state index in [-0.39, 0.29) is 0 Å². The Kier molecular flexibility index (Phi) is 5.86. The van der Waals surface area contributed by atoms with Crippen molar-refractivity contribution >= 4 is 17.4 Å². The van der Waals surface area contributed by atoms with E-state index in [0.717, 1.165) is 12.2 Å². The van der Waals surface area contributed by atoms with Crippen LogP contribution in [0.3, 0.4) is 0 Å². The van der Waals surface area contributed by atoms with Gasteiger partial charge in [-0.25, -0.2) is 0 Å². The van der Waals surface area contributed by atoms with Crippen LogP contribution >= 0.6 is 11.8 Å². The molecule has 1 rings (SSSR count). The summed E-state index contributed by atoms with van der Waals surface area (Å²) in [5, 5.41) is 0. The summed E-state index contributed by atoms with van der Waals surface area (Å²) < 4.78 is 0. The number of nitrogens with two attached hydrogens (primary N) is 1. The molecule has 0 bridgehead atoms. The number of thioether (sulfide) groups is 1. The maximum absolute atomic E-state index is 5.82. The average Bonchev–Trinajstić information content (AvgIpc) is 2.35. The number of hydrogen-bond donors (Lipinski definition) is 1. The first-order valence-electron chi connectivity index (χ1n) is 6.15. The molecule has 0 aliphatic heterocycles. The minimum atomic E-state index is 0.581. The molecule has 0 spiro atoms. The molecule has 0 aliphatic carbocycles. The van der Waals surface area contributed by atoms with Gasteiger partial charge in [-0.05, 0) is 36.8 Å². The zero-order valence-electron chi connectivity index (χ0n) is 11.4. The standard InChI is InChI=1S/C14H24N2S/c1-5-13(10-17-4)16(3)14-8-11(2)6-7-12(14)9-15/h6-8,13H,5,9-10,15H2,1-4H3. The van der Waals surface area contributed by atoms with Gasteiger partial charge in [0.15, 0.2) is 0 Å². The quantitative estimate of drug-likeness (QED) is 0.844. The molecule has 2 nitrogen and oxygen atoms in total. The third-order valence-corrected chi connectivity index (χ3v) is 3.94. The number of anilines is 1. The van der Waals surface area contributed by atoms with Gasteiger partial charge in [0.25, 0.3) is 0 Å². The molecular formula is C14H24N2S. The van der Waals surface area contributed by atoms with E-state index < -0.39 is 0 Å². The maximum Gasteiger partial charge on any atom is 0.0414 e. The third-order valence-electron chi connectivity index (χ3n) is 3.22. The van der Waals surface area contributed by atoms with Crippen LogP contribution in [0.2, 0.25) is 0 Å². The smallest absolute Gasteiger partial charge is 0.0414 e. The van der Waals surface area contributed by atoms with Crippen molar-refractivity contribution in [3.63, 3.8) is 0 Å². The second-order valence-electron chi connectivity index (χ2n) is 4.46. The summed E-state index contributed by atoms with van der Waals surface area (Å²) >= 11 is 1.90. The number of rotatable bonds is 6. The van der Waals surface area contributed by atoms with Crippen LogP contribution in [0.5, 0.6) is 0 Å². The highest BCUT2D eigenvalue weighted by atomic mass is 32.2. The van der Waals surface area contributed by atoms with Crippen molar-refractivity contribution in [1.29, 1.82) is 0 Å². The zero-order chi connectivity index (χ0) is 12.8. The summed E-state index contributed by atoms with van der Waals surface area (Å²) in [6.45, 7) is 4.98. The first-order valence-corrected chi connectivity index (χ1v) is 7.54. The first-order chi connectivity index (χ1) is 8.13. The Bertz CT molecular complexity index is 352. The third kappa shape index (κ3) is 3.65. The highest BCUT2D eigenvalue weighted by Gasteiger charge is 2.15. The van der Waals surface area contributed by atoms with Gasteiger partial charge in [-0.2, -0.15) is 11.8 Å². The summed E-state index contributed by atoms with van der Waals surface area (Å²) in [4.78, 5) is 2.38. The summed E-state index contributed by atoms with van der Waals surface area (Å²) in [6, 6.07) is 7.10. The van der Waals surface area contributed by atoms with Gasteiger partial charge in [0.2, 0.25) is 0 Å². The van der Waals surface area contributed by atoms with Crippen LogP contribution in [-0.2, 0) is 6.54 Å². The molecule has 1 unspecified atom stereocenters. The summed E-state index contributed by atoms with van der Waals surface area (Å²) in [5.41, 5.74) is 9.64. The van der Waals surface area contributed by atoms with Crippen molar-refractivity contribution < 1.29 is 0 Å². The highest BCUT2D eigenvalue weighted by Crippen LogP contribution is 2.24. The topological polar surface area (TPSA) is 29.3 Å². The molecule has 1 aromatic carbocycles. The van der Waals surface area contributed by atoms with E-state index in [9.17, 15) is 0 Å². The minimum absolute atomic E-state index is 0.581. The minimum Gasteiger partial charge on any atom is -0.371 e. The Balaban J connectivity index is 2.99. The molecule has 3 heteroatoms. The summed E-state index contributed by atoms with van der Waals surface area (Å²) in [6.07, 6.45) is 3.33. The molecule has 0 amide bonds. The van der Waals surface area contributed by atoms with Crippen molar-refractivity contribution in [1.82, 2.24) is 0 Å². The van der Waals surface area contributed by atoms with Crippen LogP contribution in [0.1, 0.15) is 24.5 Å². The maximum atomic E-state index is 5.82. The van der Waals surface area contributed by atoms with E-state index in [1.165, 1.54) is 16.8 Å². The monoisotopic (exact) mass is 252 g/mol. The van der Waals surface area contributed by atoms with E-state index in [2.05, 4.69) is 50.2 Å². The molecule has 1 aromatic rings. The van der Waals surface area contributed by atoms with E-state index in [1.807, 2.05) is 11.8 Å². The molecule has 0 aromatic heterocycles. The first kappa shape index (κ1) is 14.4. The Hall–Kier alpha value is -0.670. The van der Waals surface area contributed by atoms with Gasteiger partial charge in [0, 0.05) is 31.1 Å². The molecule has 0 saturated heterocycles. The van der Waals surface area contributed by atoms with Gasteiger partial charge in [-0.1, -0.05) is 19.1 Å². The number of nitrogens with zero attached hydrogens (tertiary/aromatic N) is 1. The van der Waals surface area contributed by atoms with Gasteiger partial charge in [-0.15, -0.1) is 0 Å². The number of benzene rings is 1. The van der Waals surface area contributed by atoms with Crippen LogP contribution in [0.15, 0.2) is 18.2 Å². The lowest BCUT2D eigenvalue weighted by atomic mass is 10.1. The van der Waals surface area contributed by atoms with Crippen LogP contribution < -0.4 is 10.6 Å². The highest BCUT2D eigenvalue weighted by molar-refractivity contribution is 7.98. The van der Waals surface area contributed by atoms with Crippen LogP contribution in [0.25, 0.3) is 0 Å². The molecule has 0 aliphatic rings. The second kappa shape index (κ2) is 6.92. The SMILES string of the molecule is CCC(CSC)N(C)c1cc(C)ccc1CN. The van der Waals surface area contributed by atoms with E-state index in [4.69, 9.17) is 5.73 Å². The Labute approximate surface area is 110 Å². The van der Waals surface area contributed by atoms with Crippen LogP contribution in [0, 0.1) is 6.92 Å². The molecule has 0 heterocycles. The lowest BCUT2D eigenvalue weighted by Gasteiger charge is -2.30. The van der Waals surface area contributed by atoms with E-state index >= 15 is 0 Å². The van der Waals surface area contributed by atoms with E-state index in [1.54, 1.807) is 0 Å². The van der Waals surface area contributed by atoms with Gasteiger partial charge in [0.05, 0.1) is 0 Å². The summed E-state index contributed by atoms with van der Waals surface area (Å²) in [5.74, 6) is 1.16. The van der Waals surface area contributed by atoms with Gasteiger partial charge < -0.3 is 10.6 Å². The predicted molar refractivity (Wildman–Crippen MR) is 79.9 cm³/mol. The normalized spacial score (nSPS) is 12.5. The molecule has 2 N–H and O–H groups in total.